The first-order valence-corrected chi connectivity index (χ1v) is 23.4. The molecule has 334 valence electrons. The first-order valence-electron chi connectivity index (χ1n) is 23.4. The summed E-state index contributed by atoms with van der Waals surface area (Å²) in [6.45, 7) is 17.5. The number of anilines is 6. The molecule has 3 aromatic heterocycles. The van der Waals surface area contributed by atoms with Gasteiger partial charge in [0, 0.05) is 40.4 Å². The number of furan rings is 1. The van der Waals surface area contributed by atoms with Crippen LogP contribution in [-0.2, 0) is 10.8 Å². The molecule has 6 heteroatoms. The summed E-state index contributed by atoms with van der Waals surface area (Å²) in [6, 6.07) is 56.8. The number of fused-ring (bicyclic) bond motifs is 12. The molecular formula is C62H53FN4O. The number of halogens is 1. The van der Waals surface area contributed by atoms with Crippen LogP contribution in [-0.4, -0.2) is 9.97 Å². The number of hydrogen-bond donors (Lipinski definition) is 0. The van der Waals surface area contributed by atoms with Crippen molar-refractivity contribution in [2.24, 2.45) is 0 Å². The van der Waals surface area contributed by atoms with E-state index in [0.717, 1.165) is 106 Å². The second kappa shape index (κ2) is 16.2. The molecule has 10 aromatic rings. The Morgan fingerprint density at radius 1 is 0.456 bits per heavy atom. The van der Waals surface area contributed by atoms with Gasteiger partial charge in [-0.3, -0.25) is 9.80 Å². The van der Waals surface area contributed by atoms with Gasteiger partial charge in [0.25, 0.3) is 0 Å². The zero-order chi connectivity index (χ0) is 47.1. The number of aromatic nitrogens is 2. The van der Waals surface area contributed by atoms with Crippen molar-refractivity contribution in [2.75, 3.05) is 9.80 Å². The molecule has 0 spiro atoms. The van der Waals surface area contributed by atoms with Crippen LogP contribution < -0.4 is 9.80 Å². The van der Waals surface area contributed by atoms with Gasteiger partial charge in [0.1, 0.15) is 28.6 Å². The predicted octanol–water partition coefficient (Wildman–Crippen LogP) is 17.6. The molecule has 0 bridgehead atoms. The van der Waals surface area contributed by atoms with Gasteiger partial charge in [-0.2, -0.15) is 0 Å². The van der Waals surface area contributed by atoms with Crippen LogP contribution in [0, 0.1) is 19.7 Å². The molecule has 0 atom stereocenters. The highest BCUT2D eigenvalue weighted by molar-refractivity contribution is 6.22. The van der Waals surface area contributed by atoms with Gasteiger partial charge in [-0.15, -0.1) is 0 Å². The van der Waals surface area contributed by atoms with Gasteiger partial charge in [0.2, 0.25) is 0 Å². The van der Waals surface area contributed by atoms with Crippen molar-refractivity contribution in [3.05, 3.63) is 204 Å². The highest BCUT2D eigenvalue weighted by Gasteiger charge is 2.31. The lowest BCUT2D eigenvalue weighted by Crippen LogP contribution is -2.15. The first kappa shape index (κ1) is 42.8. The van der Waals surface area contributed by atoms with Crippen LogP contribution in [0.1, 0.15) is 63.8 Å². The summed E-state index contributed by atoms with van der Waals surface area (Å²) < 4.78 is 23.2. The largest absolute Gasteiger partial charge is 0.455 e. The van der Waals surface area contributed by atoms with Crippen molar-refractivity contribution < 1.29 is 8.81 Å². The van der Waals surface area contributed by atoms with Crippen LogP contribution in [0.3, 0.4) is 0 Å². The quantitative estimate of drug-likeness (QED) is 0.166. The van der Waals surface area contributed by atoms with Crippen LogP contribution in [0.2, 0.25) is 0 Å². The van der Waals surface area contributed by atoms with E-state index >= 15 is 4.39 Å². The van der Waals surface area contributed by atoms with Crippen molar-refractivity contribution in [3.8, 4) is 44.5 Å². The Morgan fingerprint density at radius 3 is 1.57 bits per heavy atom. The Balaban J connectivity index is 1.24. The van der Waals surface area contributed by atoms with E-state index in [1.165, 1.54) is 11.1 Å². The maximum atomic E-state index is 16.1. The predicted molar refractivity (Wildman–Crippen MR) is 281 cm³/mol. The molecule has 11 rings (SSSR count). The van der Waals surface area contributed by atoms with E-state index in [1.807, 2.05) is 30.6 Å². The summed E-state index contributed by atoms with van der Waals surface area (Å²) in [5, 5.41) is 1.91. The molecule has 0 radical (unpaired) electrons. The zero-order valence-corrected chi connectivity index (χ0v) is 39.8. The summed E-state index contributed by atoms with van der Waals surface area (Å²) >= 11 is 0. The van der Waals surface area contributed by atoms with Crippen LogP contribution >= 0.6 is 0 Å². The highest BCUT2D eigenvalue weighted by Crippen LogP contribution is 2.56. The molecule has 68 heavy (non-hydrogen) atoms. The van der Waals surface area contributed by atoms with Crippen molar-refractivity contribution in [1.29, 1.82) is 0 Å². The summed E-state index contributed by atoms with van der Waals surface area (Å²) in [4.78, 5) is 14.5. The fourth-order valence-electron chi connectivity index (χ4n) is 9.79. The number of benzene rings is 7. The van der Waals surface area contributed by atoms with Crippen molar-refractivity contribution in [2.45, 2.75) is 66.2 Å². The third-order valence-electron chi connectivity index (χ3n) is 13.4. The average Bonchev–Trinajstić information content (AvgIpc) is 3.72. The van der Waals surface area contributed by atoms with Gasteiger partial charge in [-0.05, 0) is 159 Å². The average molecular weight is 889 g/mol. The number of hydrogen-bond acceptors (Lipinski definition) is 5. The van der Waals surface area contributed by atoms with Gasteiger partial charge >= 0.3 is 0 Å². The van der Waals surface area contributed by atoms with E-state index in [4.69, 9.17) is 14.4 Å². The number of para-hydroxylation sites is 1. The SMILES string of the molecule is Cc1ccc(N(c2ccc(C(C)(C)C)cc2)c2ccc3c(c2)-c2ccccc2-c2ccc(F)cc2-c2cc(N(c4ccc(C(C)(C)C)cc4)c4ccc(C)cn4)c4c(oc5ccccc54)c2-3)nc1. The number of nitrogens with zero attached hydrogens (tertiary/aromatic N) is 4. The van der Waals surface area contributed by atoms with Crippen molar-refractivity contribution in [3.63, 3.8) is 0 Å². The Hall–Kier alpha value is -7.83. The van der Waals surface area contributed by atoms with Crippen LogP contribution in [0.15, 0.2) is 181 Å². The highest BCUT2D eigenvalue weighted by atomic mass is 19.1. The Kier molecular flexibility index (Phi) is 10.2. The molecule has 0 saturated carbocycles. The molecule has 1 aliphatic rings. The summed E-state index contributed by atoms with van der Waals surface area (Å²) in [6.07, 6.45) is 3.83. The standard InChI is InChI=1S/C62H53FN4O/c1-38-17-31-56(64-36-38)66(43-24-19-40(20-25-43)61(3,4)5)45-28-30-49-52(34-45)47-14-10-9-13-46(47)48-29-23-42(63)33-51(48)53-35-54(59-50-15-11-12-16-55(50)68-60(59)58(49)53)67(57-32-18-39(2)37-65-57)44-26-21-41(22-27-44)62(6,7)8/h9-37H,1-8H3. The minimum atomic E-state index is -0.317. The molecule has 0 saturated heterocycles. The van der Waals surface area contributed by atoms with Gasteiger partial charge < -0.3 is 4.42 Å². The van der Waals surface area contributed by atoms with Gasteiger partial charge in [0.05, 0.1) is 11.1 Å². The molecule has 0 aliphatic heterocycles. The molecule has 0 unspecified atom stereocenters. The number of rotatable bonds is 6. The lowest BCUT2D eigenvalue weighted by Gasteiger charge is -2.30. The van der Waals surface area contributed by atoms with Gasteiger partial charge in [0.15, 0.2) is 0 Å². The monoisotopic (exact) mass is 888 g/mol. The van der Waals surface area contributed by atoms with E-state index in [-0.39, 0.29) is 16.6 Å². The fraction of sp³-hybridized carbons (Fsp3) is 0.161. The molecule has 0 N–H and O–H groups in total. The van der Waals surface area contributed by atoms with E-state index in [0.29, 0.717) is 5.58 Å². The Morgan fingerprint density at radius 2 is 0.971 bits per heavy atom. The molecule has 1 aliphatic carbocycles. The molecule has 3 heterocycles. The second-order valence-electron chi connectivity index (χ2n) is 20.2. The summed E-state index contributed by atoms with van der Waals surface area (Å²) in [5.74, 6) is 1.25. The Labute approximate surface area is 398 Å². The van der Waals surface area contributed by atoms with Gasteiger partial charge in [-0.1, -0.05) is 133 Å². The normalized spacial score (nSPS) is 12.2. The lowest BCUT2D eigenvalue weighted by molar-refractivity contribution is 0.590. The van der Waals surface area contributed by atoms with E-state index in [9.17, 15) is 0 Å². The Bertz CT molecular complexity index is 3540. The minimum Gasteiger partial charge on any atom is -0.455 e. The fourth-order valence-corrected chi connectivity index (χ4v) is 9.79. The van der Waals surface area contributed by atoms with E-state index in [1.54, 1.807) is 12.1 Å². The second-order valence-corrected chi connectivity index (χ2v) is 20.2. The third kappa shape index (κ3) is 7.41. The molecule has 0 fully saturated rings. The number of aryl methyl sites for hydroxylation is 2. The topological polar surface area (TPSA) is 45.4 Å². The van der Waals surface area contributed by atoms with Crippen LogP contribution in [0.5, 0.6) is 0 Å². The van der Waals surface area contributed by atoms with Crippen molar-refractivity contribution >= 4 is 56.3 Å². The third-order valence-corrected chi connectivity index (χ3v) is 13.4. The molecular weight excluding hydrogens is 836 g/mol. The molecule has 7 aromatic carbocycles. The maximum absolute atomic E-state index is 16.1. The first-order chi connectivity index (χ1) is 32.7. The van der Waals surface area contributed by atoms with E-state index in [2.05, 4.69) is 199 Å². The van der Waals surface area contributed by atoms with E-state index < -0.39 is 0 Å². The summed E-state index contributed by atoms with van der Waals surface area (Å²) in [5.41, 5.74) is 17.3. The number of pyridine rings is 2. The molecule has 5 nitrogen and oxygen atoms in total. The van der Waals surface area contributed by atoms with Gasteiger partial charge in [-0.25, -0.2) is 14.4 Å². The minimum absolute atomic E-state index is 0.00320. The molecule has 0 amide bonds. The smallest absolute Gasteiger partial charge is 0.146 e. The zero-order valence-electron chi connectivity index (χ0n) is 39.8. The summed E-state index contributed by atoms with van der Waals surface area (Å²) in [7, 11) is 0. The maximum Gasteiger partial charge on any atom is 0.146 e. The van der Waals surface area contributed by atoms with Crippen LogP contribution in [0.25, 0.3) is 66.4 Å². The lowest BCUT2D eigenvalue weighted by atomic mass is 9.79. The van der Waals surface area contributed by atoms with Crippen LogP contribution in [0.4, 0.5) is 38.8 Å². The van der Waals surface area contributed by atoms with Crippen molar-refractivity contribution in [1.82, 2.24) is 9.97 Å².